The van der Waals surface area contributed by atoms with Crippen molar-refractivity contribution in [3.63, 3.8) is 0 Å². The maximum atomic E-state index is 13.7. The summed E-state index contributed by atoms with van der Waals surface area (Å²) < 4.78 is 18.8. The summed E-state index contributed by atoms with van der Waals surface area (Å²) in [6.45, 7) is -0.513. The highest BCUT2D eigenvalue weighted by molar-refractivity contribution is 6.30. The molecular formula is C23H19ClFNO3. The quantitative estimate of drug-likeness (QED) is 0.545. The topological polar surface area (TPSA) is 55.4 Å². The van der Waals surface area contributed by atoms with E-state index >= 15 is 0 Å². The number of carbonyl (C=O) groups is 2. The van der Waals surface area contributed by atoms with Gasteiger partial charge in [0.2, 0.25) is 0 Å². The molecule has 0 aliphatic rings. The van der Waals surface area contributed by atoms with Gasteiger partial charge in [-0.25, -0.2) is 4.39 Å². The Kier molecular flexibility index (Phi) is 6.98. The van der Waals surface area contributed by atoms with Gasteiger partial charge in [0, 0.05) is 10.9 Å². The monoisotopic (exact) mass is 411 g/mol. The van der Waals surface area contributed by atoms with Crippen molar-refractivity contribution in [2.75, 3.05) is 11.9 Å². The average molecular weight is 412 g/mol. The summed E-state index contributed by atoms with van der Waals surface area (Å²) in [5.41, 5.74) is 1.88. The van der Waals surface area contributed by atoms with Crippen LogP contribution in [0.25, 0.3) is 0 Å². The molecule has 0 saturated carbocycles. The highest BCUT2D eigenvalue weighted by Gasteiger charge is 2.20. The second-order valence-electron chi connectivity index (χ2n) is 6.41. The minimum atomic E-state index is -0.643. The first-order chi connectivity index (χ1) is 14.0. The lowest BCUT2D eigenvalue weighted by molar-refractivity contribution is -0.147. The minimum Gasteiger partial charge on any atom is -0.456 e. The second kappa shape index (κ2) is 9.85. The van der Waals surface area contributed by atoms with E-state index in [1.165, 1.54) is 12.1 Å². The number of anilines is 1. The van der Waals surface area contributed by atoms with Gasteiger partial charge in [-0.2, -0.15) is 0 Å². The summed E-state index contributed by atoms with van der Waals surface area (Å²) in [5, 5.41) is 2.63. The maximum absolute atomic E-state index is 13.7. The first kappa shape index (κ1) is 20.6. The molecule has 0 aliphatic carbocycles. The first-order valence-corrected chi connectivity index (χ1v) is 9.41. The molecule has 0 fully saturated rings. The van der Waals surface area contributed by atoms with Crippen LogP contribution in [0.15, 0.2) is 78.9 Å². The molecule has 0 aromatic heterocycles. The van der Waals surface area contributed by atoms with E-state index < -0.39 is 24.3 Å². The molecule has 0 aliphatic heterocycles. The lowest BCUT2D eigenvalue weighted by Gasteiger charge is -2.17. The largest absolute Gasteiger partial charge is 0.456 e. The molecule has 1 amide bonds. The zero-order valence-corrected chi connectivity index (χ0v) is 16.2. The lowest BCUT2D eigenvalue weighted by Crippen LogP contribution is -2.22. The van der Waals surface area contributed by atoms with Crippen molar-refractivity contribution >= 4 is 29.2 Å². The molecule has 0 unspecified atom stereocenters. The smallest absolute Gasteiger partial charge is 0.307 e. The van der Waals surface area contributed by atoms with Crippen molar-refractivity contribution in [3.05, 3.63) is 101 Å². The fraction of sp³-hybridized carbons (Fsp3) is 0.130. The van der Waals surface area contributed by atoms with Crippen LogP contribution in [-0.2, 0) is 14.3 Å². The van der Waals surface area contributed by atoms with Gasteiger partial charge >= 0.3 is 5.97 Å². The number of amides is 1. The van der Waals surface area contributed by atoms with Crippen LogP contribution >= 0.6 is 11.6 Å². The van der Waals surface area contributed by atoms with Gasteiger partial charge in [0.05, 0.1) is 12.1 Å². The number of halogens is 2. The van der Waals surface area contributed by atoms with E-state index in [9.17, 15) is 14.0 Å². The number of esters is 1. The van der Waals surface area contributed by atoms with Gasteiger partial charge in [0.25, 0.3) is 5.91 Å². The molecule has 0 spiro atoms. The molecule has 148 valence electrons. The third-order valence-corrected chi connectivity index (χ3v) is 4.58. The molecule has 0 radical (unpaired) electrons. The van der Waals surface area contributed by atoms with Gasteiger partial charge in [-0.1, -0.05) is 72.3 Å². The maximum Gasteiger partial charge on any atom is 0.307 e. The lowest BCUT2D eigenvalue weighted by atomic mass is 9.89. The Morgan fingerprint density at radius 1 is 0.931 bits per heavy atom. The molecule has 0 saturated heterocycles. The summed E-state index contributed by atoms with van der Waals surface area (Å²) in [4.78, 5) is 24.4. The van der Waals surface area contributed by atoms with Crippen molar-refractivity contribution in [1.29, 1.82) is 0 Å². The molecule has 29 heavy (non-hydrogen) atoms. The Balaban J connectivity index is 1.62. The summed E-state index contributed by atoms with van der Waals surface area (Å²) in [5.74, 6) is -1.99. The minimum absolute atomic E-state index is 0.0648. The van der Waals surface area contributed by atoms with Crippen LogP contribution in [0.4, 0.5) is 10.1 Å². The van der Waals surface area contributed by atoms with E-state index in [0.29, 0.717) is 0 Å². The van der Waals surface area contributed by atoms with E-state index in [4.69, 9.17) is 16.3 Å². The molecule has 0 bridgehead atoms. The number of carbonyl (C=O) groups excluding carboxylic acids is 2. The van der Waals surface area contributed by atoms with Crippen molar-refractivity contribution in [2.24, 2.45) is 0 Å². The Hall–Kier alpha value is -3.18. The highest BCUT2D eigenvalue weighted by atomic mass is 35.5. The Morgan fingerprint density at radius 3 is 2.10 bits per heavy atom. The molecule has 3 aromatic carbocycles. The standard InChI is InChI=1S/C23H19ClFNO3/c24-18-11-12-20(25)21(13-18)26-22(27)15-29-23(28)14-19(16-7-3-1-4-8-16)17-9-5-2-6-10-17/h1-13,19H,14-15H2,(H,26,27). The van der Waals surface area contributed by atoms with Gasteiger partial charge in [-0.05, 0) is 29.3 Å². The molecule has 0 heterocycles. The third kappa shape index (κ3) is 5.90. The van der Waals surface area contributed by atoms with Crippen LogP contribution in [0, 0.1) is 5.82 Å². The molecule has 1 N–H and O–H groups in total. The fourth-order valence-electron chi connectivity index (χ4n) is 2.95. The van der Waals surface area contributed by atoms with Gasteiger partial charge in [0.15, 0.2) is 6.61 Å². The van der Waals surface area contributed by atoms with Crippen molar-refractivity contribution < 1.29 is 18.7 Å². The molecule has 6 heteroatoms. The van der Waals surface area contributed by atoms with E-state index in [2.05, 4.69) is 5.32 Å². The van der Waals surface area contributed by atoms with Gasteiger partial charge in [0.1, 0.15) is 5.82 Å². The SMILES string of the molecule is O=C(COC(=O)CC(c1ccccc1)c1ccccc1)Nc1cc(Cl)ccc1F. The van der Waals surface area contributed by atoms with Gasteiger partial charge in [-0.3, -0.25) is 9.59 Å². The molecule has 4 nitrogen and oxygen atoms in total. The van der Waals surface area contributed by atoms with Gasteiger partial charge < -0.3 is 10.1 Å². The Labute approximate surface area is 173 Å². The Bertz CT molecular complexity index is 940. The predicted molar refractivity (Wildman–Crippen MR) is 110 cm³/mol. The van der Waals surface area contributed by atoms with Crippen LogP contribution in [0.2, 0.25) is 5.02 Å². The fourth-order valence-corrected chi connectivity index (χ4v) is 3.12. The number of benzene rings is 3. The summed E-state index contributed by atoms with van der Waals surface area (Å²) >= 11 is 5.80. The zero-order valence-electron chi connectivity index (χ0n) is 15.5. The van der Waals surface area contributed by atoms with E-state index in [1.807, 2.05) is 60.7 Å². The third-order valence-electron chi connectivity index (χ3n) is 4.34. The van der Waals surface area contributed by atoms with Crippen LogP contribution in [0.3, 0.4) is 0 Å². The molecule has 3 rings (SSSR count). The van der Waals surface area contributed by atoms with E-state index in [1.54, 1.807) is 0 Å². The van der Waals surface area contributed by atoms with Crippen molar-refractivity contribution in [1.82, 2.24) is 0 Å². The van der Waals surface area contributed by atoms with Crippen molar-refractivity contribution in [3.8, 4) is 0 Å². The zero-order chi connectivity index (χ0) is 20.6. The van der Waals surface area contributed by atoms with Gasteiger partial charge in [-0.15, -0.1) is 0 Å². The number of nitrogens with one attached hydrogen (secondary N) is 1. The molecular weight excluding hydrogens is 393 g/mol. The van der Waals surface area contributed by atoms with Crippen LogP contribution in [0.5, 0.6) is 0 Å². The second-order valence-corrected chi connectivity index (χ2v) is 6.85. The number of hydrogen-bond donors (Lipinski definition) is 1. The Morgan fingerprint density at radius 2 is 1.52 bits per heavy atom. The van der Waals surface area contributed by atoms with E-state index in [-0.39, 0.29) is 23.0 Å². The summed E-state index contributed by atoms with van der Waals surface area (Å²) in [7, 11) is 0. The van der Waals surface area contributed by atoms with Crippen LogP contribution in [0.1, 0.15) is 23.5 Å². The summed E-state index contributed by atoms with van der Waals surface area (Å²) in [6.07, 6.45) is 0.0762. The van der Waals surface area contributed by atoms with Crippen LogP contribution in [-0.4, -0.2) is 18.5 Å². The number of ether oxygens (including phenoxy) is 1. The average Bonchev–Trinajstić information content (AvgIpc) is 2.74. The summed E-state index contributed by atoms with van der Waals surface area (Å²) in [6, 6.07) is 23.0. The van der Waals surface area contributed by atoms with Crippen LogP contribution < -0.4 is 5.32 Å². The normalized spacial score (nSPS) is 10.6. The number of rotatable bonds is 7. The highest BCUT2D eigenvalue weighted by Crippen LogP contribution is 2.28. The predicted octanol–water partition coefficient (Wildman–Crippen LogP) is 5.18. The molecule has 3 aromatic rings. The first-order valence-electron chi connectivity index (χ1n) is 9.03. The van der Waals surface area contributed by atoms with E-state index in [0.717, 1.165) is 17.2 Å². The number of hydrogen-bond acceptors (Lipinski definition) is 3. The molecule has 0 atom stereocenters. The van der Waals surface area contributed by atoms with Crippen molar-refractivity contribution in [2.45, 2.75) is 12.3 Å².